The summed E-state index contributed by atoms with van der Waals surface area (Å²) in [6.07, 6.45) is 0. The Labute approximate surface area is 143 Å². The lowest BCUT2D eigenvalue weighted by Gasteiger charge is -2.07. The second-order valence-electron chi connectivity index (χ2n) is 6.50. The maximum absolute atomic E-state index is 12.3. The van der Waals surface area contributed by atoms with Crippen LogP contribution in [-0.4, -0.2) is 20.2 Å². The molecule has 4 nitrogen and oxygen atoms in total. The van der Waals surface area contributed by atoms with Crippen LogP contribution in [0.4, 0.5) is 0 Å². The standard InChI is InChI=1S/C21H16N2O2/c1-22-16-9-5-3-7-12(16)14-11-15-13-8-4-6-10-17(13)23(2)20(15)18(19(14)22)21(24)25/h3-11H,1-2H3,(H,24,25). The van der Waals surface area contributed by atoms with Crippen molar-refractivity contribution in [3.63, 3.8) is 0 Å². The number of hydrogen-bond donors (Lipinski definition) is 1. The third-order valence-electron chi connectivity index (χ3n) is 5.27. The van der Waals surface area contributed by atoms with Crippen molar-refractivity contribution < 1.29 is 9.90 Å². The monoisotopic (exact) mass is 328 g/mol. The van der Waals surface area contributed by atoms with Crippen LogP contribution in [0.2, 0.25) is 0 Å². The molecule has 0 fully saturated rings. The summed E-state index contributed by atoms with van der Waals surface area (Å²) in [4.78, 5) is 12.3. The van der Waals surface area contributed by atoms with Gasteiger partial charge < -0.3 is 14.2 Å². The maximum Gasteiger partial charge on any atom is 0.340 e. The number of carboxylic acid groups (broad SMARTS) is 1. The number of aromatic nitrogens is 2. The van der Waals surface area contributed by atoms with Gasteiger partial charge in [0.25, 0.3) is 0 Å². The summed E-state index contributed by atoms with van der Waals surface area (Å²) < 4.78 is 3.98. The van der Waals surface area contributed by atoms with Crippen LogP contribution in [0.15, 0.2) is 54.6 Å². The molecule has 4 heteroatoms. The fraction of sp³-hybridized carbons (Fsp3) is 0.0952. The highest BCUT2D eigenvalue weighted by Crippen LogP contribution is 2.39. The molecule has 0 atom stereocenters. The summed E-state index contributed by atoms with van der Waals surface area (Å²) in [5.41, 5.74) is 3.99. The molecule has 0 radical (unpaired) electrons. The average Bonchev–Trinajstić information content (AvgIpc) is 3.07. The fourth-order valence-corrected chi connectivity index (χ4v) is 4.20. The zero-order valence-corrected chi connectivity index (χ0v) is 13.9. The Bertz CT molecular complexity index is 1240. The molecule has 0 spiro atoms. The van der Waals surface area contributed by atoms with Crippen molar-refractivity contribution in [3.05, 3.63) is 60.2 Å². The largest absolute Gasteiger partial charge is 0.478 e. The lowest BCUT2D eigenvalue weighted by Crippen LogP contribution is -2.04. The van der Waals surface area contributed by atoms with Crippen LogP contribution in [0, 0.1) is 0 Å². The number of nitrogens with zero attached hydrogens (tertiary/aromatic N) is 2. The van der Waals surface area contributed by atoms with Crippen molar-refractivity contribution in [3.8, 4) is 0 Å². The van der Waals surface area contributed by atoms with Gasteiger partial charge in [-0.2, -0.15) is 0 Å². The number of aromatic carboxylic acids is 1. The third kappa shape index (κ3) is 1.63. The molecule has 25 heavy (non-hydrogen) atoms. The molecule has 0 saturated carbocycles. The van der Waals surface area contributed by atoms with Crippen LogP contribution in [-0.2, 0) is 14.1 Å². The maximum atomic E-state index is 12.3. The second kappa shape index (κ2) is 4.63. The number of hydrogen-bond acceptors (Lipinski definition) is 1. The van der Waals surface area contributed by atoms with E-state index in [4.69, 9.17) is 0 Å². The smallest absolute Gasteiger partial charge is 0.340 e. The molecule has 2 aromatic heterocycles. The van der Waals surface area contributed by atoms with Gasteiger partial charge in [-0.15, -0.1) is 0 Å². The summed E-state index contributed by atoms with van der Waals surface area (Å²) in [6, 6.07) is 18.3. The zero-order chi connectivity index (χ0) is 17.3. The first kappa shape index (κ1) is 14.1. The highest BCUT2D eigenvalue weighted by Gasteiger charge is 2.23. The van der Waals surface area contributed by atoms with E-state index in [0.717, 1.165) is 43.6 Å². The molecule has 0 saturated heterocycles. The summed E-state index contributed by atoms with van der Waals surface area (Å²) in [7, 11) is 3.87. The number of aryl methyl sites for hydroxylation is 2. The van der Waals surface area contributed by atoms with Crippen LogP contribution in [0.3, 0.4) is 0 Å². The molecule has 0 bridgehead atoms. The molecular formula is C21H16N2O2. The second-order valence-corrected chi connectivity index (χ2v) is 6.50. The number of fused-ring (bicyclic) bond motifs is 6. The minimum absolute atomic E-state index is 0.366. The number of carbonyl (C=O) groups is 1. The summed E-state index contributed by atoms with van der Waals surface area (Å²) in [6.45, 7) is 0. The summed E-state index contributed by atoms with van der Waals surface area (Å²) >= 11 is 0. The fourth-order valence-electron chi connectivity index (χ4n) is 4.20. The topological polar surface area (TPSA) is 47.2 Å². The van der Waals surface area contributed by atoms with Crippen molar-refractivity contribution in [2.45, 2.75) is 0 Å². The van der Waals surface area contributed by atoms with Crippen LogP contribution in [0.5, 0.6) is 0 Å². The summed E-state index contributed by atoms with van der Waals surface area (Å²) in [5.74, 6) is -0.896. The molecular weight excluding hydrogens is 312 g/mol. The molecule has 0 aliphatic heterocycles. The molecule has 0 aliphatic carbocycles. The normalized spacial score (nSPS) is 11.9. The van der Waals surface area contributed by atoms with E-state index in [-0.39, 0.29) is 0 Å². The first-order valence-electron chi connectivity index (χ1n) is 8.20. The Morgan fingerprint density at radius 1 is 0.760 bits per heavy atom. The van der Waals surface area contributed by atoms with Gasteiger partial charge in [0.2, 0.25) is 0 Å². The van der Waals surface area contributed by atoms with Gasteiger partial charge >= 0.3 is 5.97 Å². The molecule has 5 rings (SSSR count). The van der Waals surface area contributed by atoms with Gasteiger partial charge in [0.1, 0.15) is 5.56 Å². The number of benzene rings is 3. The van der Waals surface area contributed by atoms with E-state index in [9.17, 15) is 9.90 Å². The molecule has 2 heterocycles. The average molecular weight is 328 g/mol. The van der Waals surface area contributed by atoms with E-state index in [1.165, 1.54) is 0 Å². The highest BCUT2D eigenvalue weighted by atomic mass is 16.4. The lowest BCUT2D eigenvalue weighted by molar-refractivity contribution is 0.0700. The minimum Gasteiger partial charge on any atom is -0.478 e. The van der Waals surface area contributed by atoms with Gasteiger partial charge in [-0.25, -0.2) is 4.79 Å². The van der Waals surface area contributed by atoms with E-state index in [1.54, 1.807) is 0 Å². The van der Waals surface area contributed by atoms with Crippen LogP contribution < -0.4 is 0 Å². The Kier molecular flexibility index (Phi) is 2.61. The van der Waals surface area contributed by atoms with Crippen LogP contribution >= 0.6 is 0 Å². The Balaban J connectivity index is 2.19. The quantitative estimate of drug-likeness (QED) is 0.486. The van der Waals surface area contributed by atoms with Crippen LogP contribution in [0.1, 0.15) is 10.4 Å². The van der Waals surface area contributed by atoms with Crippen LogP contribution in [0.25, 0.3) is 43.6 Å². The van der Waals surface area contributed by atoms with E-state index in [0.29, 0.717) is 5.56 Å². The van der Waals surface area contributed by atoms with Gasteiger partial charge in [0, 0.05) is 46.7 Å². The van der Waals surface area contributed by atoms with E-state index >= 15 is 0 Å². The molecule has 0 amide bonds. The molecule has 122 valence electrons. The van der Waals surface area contributed by atoms with Crippen molar-refractivity contribution in [2.75, 3.05) is 0 Å². The molecule has 5 aromatic rings. The first-order chi connectivity index (χ1) is 12.1. The predicted molar refractivity (Wildman–Crippen MR) is 101 cm³/mol. The lowest BCUT2D eigenvalue weighted by atomic mass is 10.0. The molecule has 0 aliphatic rings. The van der Waals surface area contributed by atoms with Gasteiger partial charge in [-0.1, -0.05) is 36.4 Å². The Hall–Kier alpha value is -3.27. The minimum atomic E-state index is -0.896. The Morgan fingerprint density at radius 2 is 1.20 bits per heavy atom. The third-order valence-corrected chi connectivity index (χ3v) is 5.27. The van der Waals surface area contributed by atoms with Crippen molar-refractivity contribution in [2.24, 2.45) is 14.1 Å². The predicted octanol–water partition coefficient (Wildman–Crippen LogP) is 4.67. The summed E-state index contributed by atoms with van der Waals surface area (Å²) in [5, 5.41) is 14.2. The molecule has 1 N–H and O–H groups in total. The van der Waals surface area contributed by atoms with E-state index in [2.05, 4.69) is 18.2 Å². The number of carboxylic acids is 1. The van der Waals surface area contributed by atoms with E-state index in [1.807, 2.05) is 59.6 Å². The van der Waals surface area contributed by atoms with E-state index < -0.39 is 5.97 Å². The first-order valence-corrected chi connectivity index (χ1v) is 8.20. The van der Waals surface area contributed by atoms with Gasteiger partial charge in [0.05, 0.1) is 11.0 Å². The highest BCUT2D eigenvalue weighted by molar-refractivity contribution is 6.25. The molecule has 0 unspecified atom stereocenters. The number of para-hydroxylation sites is 2. The zero-order valence-electron chi connectivity index (χ0n) is 13.9. The SMILES string of the molecule is Cn1c2ccccc2c2cc3c4ccccc4n(C)c3c(C(=O)O)c21. The van der Waals surface area contributed by atoms with Gasteiger partial charge in [-0.05, 0) is 18.2 Å². The van der Waals surface area contributed by atoms with Crippen molar-refractivity contribution >= 4 is 49.6 Å². The van der Waals surface area contributed by atoms with Crippen molar-refractivity contribution in [1.82, 2.24) is 9.13 Å². The number of rotatable bonds is 1. The van der Waals surface area contributed by atoms with Gasteiger partial charge in [-0.3, -0.25) is 0 Å². The van der Waals surface area contributed by atoms with Crippen molar-refractivity contribution in [1.29, 1.82) is 0 Å². The molecule has 3 aromatic carbocycles. The Morgan fingerprint density at radius 3 is 1.64 bits per heavy atom. The van der Waals surface area contributed by atoms with Gasteiger partial charge in [0.15, 0.2) is 0 Å².